The van der Waals surface area contributed by atoms with E-state index >= 15 is 0 Å². The van der Waals surface area contributed by atoms with E-state index < -0.39 is 103 Å². The molecule has 3 rings (SSSR count). The van der Waals surface area contributed by atoms with Crippen LogP contribution in [-0.2, 0) is 0 Å². The van der Waals surface area contributed by atoms with Gasteiger partial charge < -0.3 is 0 Å². The van der Waals surface area contributed by atoms with E-state index in [-0.39, 0.29) is 12.1 Å². The summed E-state index contributed by atoms with van der Waals surface area (Å²) in [5, 5.41) is 0. The Bertz CT molecular complexity index is 1120. The van der Waals surface area contributed by atoms with Gasteiger partial charge >= 0.3 is 14.1 Å². The summed E-state index contributed by atoms with van der Waals surface area (Å²) in [4.78, 5) is 0. The summed E-state index contributed by atoms with van der Waals surface area (Å²) < 4.78 is 174. The maximum Gasteiger partial charge on any atom is 0.403 e. The second kappa shape index (κ2) is 8.33. The Morgan fingerprint density at radius 3 is 0.875 bits per heavy atom. The van der Waals surface area contributed by atoms with Gasteiger partial charge in [-0.1, -0.05) is 4.43 Å². The van der Waals surface area contributed by atoms with E-state index in [0.717, 1.165) is 0 Å². The molecule has 0 aliphatic rings. The normalized spacial score (nSPS) is 11.3. The fourth-order valence-electron chi connectivity index (χ4n) is 2.97. The predicted octanol–water partition coefficient (Wildman–Crippen LogP) is 4.01. The van der Waals surface area contributed by atoms with Crippen LogP contribution in [0.3, 0.4) is 0 Å². The van der Waals surface area contributed by atoms with E-state index in [1.54, 1.807) is 0 Å². The van der Waals surface area contributed by atoms with Crippen LogP contribution in [0, 0.1) is 75.6 Å². The Hall–Kier alpha value is -2.72. The van der Waals surface area contributed by atoms with Crippen LogP contribution >= 0.6 is 0 Å². The van der Waals surface area contributed by atoms with Crippen LogP contribution in [0.25, 0.3) is 0 Å². The molecule has 3 aromatic carbocycles. The van der Waals surface area contributed by atoms with Crippen molar-refractivity contribution in [3.05, 3.63) is 87.8 Å². The quantitative estimate of drug-likeness (QED) is 0.225. The Balaban J connectivity index is 2.56. The average molecular weight is 492 g/mol. The lowest BCUT2D eigenvalue weighted by atomic mass is 10.3. The van der Waals surface area contributed by atoms with Crippen molar-refractivity contribution >= 4 is 27.4 Å². The van der Waals surface area contributed by atoms with Gasteiger partial charge in [0.2, 0.25) is 0 Å². The van der Waals surface area contributed by atoms with Crippen LogP contribution in [0.1, 0.15) is 0 Å². The molecule has 0 atom stereocenters. The molecule has 168 valence electrons. The molecular formula is C18H2AlF13. The highest BCUT2D eigenvalue weighted by atomic mass is 27.2. The lowest BCUT2D eigenvalue weighted by Gasteiger charge is -2.19. The first kappa shape index (κ1) is 23.9. The minimum Gasteiger partial charge on any atom is -0.205 e. The SMILES string of the molecule is Fc1c[c]([Al]([c]2c(F)c(F)c(F)c(F)c2F)[c]2c(F)c(F)c(F)c(F)c2F)cc(F)c1F. The molecule has 0 nitrogen and oxygen atoms in total. The highest BCUT2D eigenvalue weighted by Gasteiger charge is 2.43. The predicted molar refractivity (Wildman–Crippen MR) is 83.4 cm³/mol. The third-order valence-electron chi connectivity index (χ3n) is 4.40. The van der Waals surface area contributed by atoms with Crippen LogP contribution in [0.2, 0.25) is 0 Å². The van der Waals surface area contributed by atoms with Gasteiger partial charge in [-0.2, -0.15) is 0 Å². The van der Waals surface area contributed by atoms with Crippen LogP contribution in [0.5, 0.6) is 0 Å². The maximum absolute atomic E-state index is 14.4. The van der Waals surface area contributed by atoms with Crippen molar-refractivity contribution < 1.29 is 57.1 Å². The third kappa shape index (κ3) is 3.51. The van der Waals surface area contributed by atoms with Gasteiger partial charge in [-0.25, -0.2) is 57.1 Å². The van der Waals surface area contributed by atoms with E-state index in [2.05, 4.69) is 0 Å². The molecule has 32 heavy (non-hydrogen) atoms. The van der Waals surface area contributed by atoms with Crippen molar-refractivity contribution in [1.82, 2.24) is 0 Å². The number of halogens is 13. The van der Waals surface area contributed by atoms with Crippen molar-refractivity contribution in [2.75, 3.05) is 0 Å². The lowest BCUT2D eigenvalue weighted by Crippen LogP contribution is -2.58. The van der Waals surface area contributed by atoms with Crippen molar-refractivity contribution in [3.63, 3.8) is 0 Å². The molecular weight excluding hydrogens is 490 g/mol. The minimum absolute atomic E-state index is 0.120. The molecule has 0 heterocycles. The van der Waals surface area contributed by atoms with E-state index in [1.165, 1.54) is 0 Å². The molecule has 0 fully saturated rings. The first-order valence-electron chi connectivity index (χ1n) is 7.98. The fourth-order valence-corrected chi connectivity index (χ4v) is 6.07. The maximum atomic E-state index is 14.4. The van der Waals surface area contributed by atoms with Gasteiger partial charge in [0.15, 0.2) is 75.6 Å². The third-order valence-corrected chi connectivity index (χ3v) is 7.57. The van der Waals surface area contributed by atoms with E-state index in [0.29, 0.717) is 0 Å². The van der Waals surface area contributed by atoms with E-state index in [4.69, 9.17) is 0 Å². The van der Waals surface area contributed by atoms with E-state index in [9.17, 15) is 57.1 Å². The van der Waals surface area contributed by atoms with Gasteiger partial charge in [-0.05, 0) is 21.0 Å². The largest absolute Gasteiger partial charge is 0.403 e. The monoisotopic (exact) mass is 492 g/mol. The molecule has 0 aliphatic carbocycles. The Morgan fingerprint density at radius 1 is 0.344 bits per heavy atom. The zero-order valence-electron chi connectivity index (χ0n) is 14.6. The zero-order valence-corrected chi connectivity index (χ0v) is 15.8. The summed E-state index contributed by atoms with van der Waals surface area (Å²) in [6.07, 6.45) is 0. The first-order valence-corrected chi connectivity index (χ1v) is 9.71. The molecule has 0 spiro atoms. The van der Waals surface area contributed by atoms with Crippen LogP contribution in [0.15, 0.2) is 12.1 Å². The average Bonchev–Trinajstić information content (AvgIpc) is 2.75. The highest BCUT2D eigenvalue weighted by molar-refractivity contribution is 6.95. The molecule has 0 bridgehead atoms. The number of hydrogen-bond acceptors (Lipinski definition) is 0. The van der Waals surface area contributed by atoms with Crippen LogP contribution in [0.4, 0.5) is 57.1 Å². The molecule has 0 N–H and O–H groups in total. The molecule has 0 amide bonds. The smallest absolute Gasteiger partial charge is 0.205 e. The summed E-state index contributed by atoms with van der Waals surface area (Å²) >= 11 is -5.14. The topological polar surface area (TPSA) is 0 Å². The zero-order chi connectivity index (χ0) is 24.2. The van der Waals surface area contributed by atoms with Crippen molar-refractivity contribution in [2.24, 2.45) is 0 Å². The molecule has 14 heteroatoms. The fraction of sp³-hybridized carbons (Fsp3) is 0. The van der Waals surface area contributed by atoms with Gasteiger partial charge in [-0.15, -0.1) is 0 Å². The molecule has 0 saturated carbocycles. The van der Waals surface area contributed by atoms with Gasteiger partial charge in [0.25, 0.3) is 0 Å². The summed E-state index contributed by atoms with van der Waals surface area (Å²) in [5.41, 5.74) is 0. The van der Waals surface area contributed by atoms with Gasteiger partial charge in [0, 0.05) is 0 Å². The molecule has 0 unspecified atom stereocenters. The van der Waals surface area contributed by atoms with Crippen molar-refractivity contribution in [2.45, 2.75) is 0 Å². The molecule has 0 radical (unpaired) electrons. The van der Waals surface area contributed by atoms with E-state index in [1.807, 2.05) is 0 Å². The summed E-state index contributed by atoms with van der Waals surface area (Å²) in [5.74, 6) is -33.6. The van der Waals surface area contributed by atoms with Crippen molar-refractivity contribution in [3.8, 4) is 0 Å². The van der Waals surface area contributed by atoms with Crippen LogP contribution < -0.4 is 13.3 Å². The molecule has 0 saturated heterocycles. The number of rotatable bonds is 3. The lowest BCUT2D eigenvalue weighted by molar-refractivity contribution is 0.382. The standard InChI is InChI=1S/2C6F5.C6H2F3.Al/c2*7-2-1-3(8)5(10)6(11)4(2)9;7-4-2-1-3-5(8)6(4)9;/h;;2-3H;. The Morgan fingerprint density at radius 2 is 0.594 bits per heavy atom. The Labute approximate surface area is 172 Å². The molecule has 3 aromatic rings. The van der Waals surface area contributed by atoms with Crippen molar-refractivity contribution in [1.29, 1.82) is 0 Å². The number of benzene rings is 3. The Kier molecular flexibility index (Phi) is 6.23. The molecule has 0 aromatic heterocycles. The minimum atomic E-state index is -5.14. The second-order valence-electron chi connectivity index (χ2n) is 6.20. The van der Waals surface area contributed by atoms with Gasteiger partial charge in [0.1, 0.15) is 0 Å². The van der Waals surface area contributed by atoms with Gasteiger partial charge in [0.05, 0.1) is 0 Å². The van der Waals surface area contributed by atoms with Crippen LogP contribution in [-0.4, -0.2) is 14.1 Å². The highest BCUT2D eigenvalue weighted by Crippen LogP contribution is 2.21. The summed E-state index contributed by atoms with van der Waals surface area (Å²) in [7, 11) is 0. The first-order chi connectivity index (χ1) is 14.8. The molecule has 0 aliphatic heterocycles. The summed E-state index contributed by atoms with van der Waals surface area (Å²) in [6, 6.07) is -0.239. The second-order valence-corrected chi connectivity index (χ2v) is 8.89. The summed E-state index contributed by atoms with van der Waals surface area (Å²) in [6.45, 7) is 0. The number of hydrogen-bond donors (Lipinski definition) is 0. The van der Waals surface area contributed by atoms with Gasteiger partial charge in [-0.3, -0.25) is 0 Å².